The maximum Gasteiger partial charge on any atom is 0.254 e. The van der Waals surface area contributed by atoms with Crippen molar-refractivity contribution in [1.82, 2.24) is 5.43 Å². The van der Waals surface area contributed by atoms with Crippen molar-refractivity contribution in [1.29, 1.82) is 0 Å². The first kappa shape index (κ1) is 15.2. The molecule has 0 spiro atoms. The van der Waals surface area contributed by atoms with Crippen molar-refractivity contribution in [3.05, 3.63) is 27.8 Å². The smallest absolute Gasteiger partial charge is 0.254 e. The van der Waals surface area contributed by atoms with Crippen molar-refractivity contribution in [2.45, 2.75) is 6.92 Å². The number of nitrogens with zero attached hydrogens (tertiary/aromatic N) is 1. The number of hydrogen-bond donors (Lipinski definition) is 2. The molecule has 1 rings (SSSR count). The highest BCUT2D eigenvalue weighted by Gasteiger charge is 2.23. The number of sulfonamides is 1. The Morgan fingerprint density at radius 2 is 2.17 bits per heavy atom. The number of nitrogens with one attached hydrogen (secondary N) is 1. The molecule has 0 saturated carbocycles. The number of benzene rings is 1. The molecule has 0 heterocycles. The average molecular weight is 383 g/mol. The summed E-state index contributed by atoms with van der Waals surface area (Å²) in [5.74, 6) is 4.34. The van der Waals surface area contributed by atoms with Gasteiger partial charge in [-0.25, -0.2) is 14.3 Å². The molecule has 0 bridgehead atoms. The van der Waals surface area contributed by atoms with Gasteiger partial charge in [0.1, 0.15) is 6.54 Å². The topological polar surface area (TPSA) is 92.5 Å². The van der Waals surface area contributed by atoms with Gasteiger partial charge in [0, 0.05) is 3.57 Å². The van der Waals surface area contributed by atoms with E-state index in [4.69, 9.17) is 5.84 Å². The second-order valence-electron chi connectivity index (χ2n) is 3.45. The van der Waals surface area contributed by atoms with Gasteiger partial charge in [0.25, 0.3) is 5.91 Å². The van der Waals surface area contributed by atoms with Crippen LogP contribution < -0.4 is 15.6 Å². The largest absolute Gasteiger partial charge is 0.293 e. The third kappa shape index (κ3) is 3.82. The monoisotopic (exact) mass is 383 g/mol. The fourth-order valence-corrected chi connectivity index (χ4v) is 2.90. The van der Waals surface area contributed by atoms with E-state index < -0.39 is 15.9 Å². The van der Waals surface area contributed by atoms with Gasteiger partial charge in [0.05, 0.1) is 11.4 Å². The molecule has 0 aliphatic heterocycles. The predicted molar refractivity (Wildman–Crippen MR) is 78.3 cm³/mol. The molecule has 0 aliphatic rings. The lowest BCUT2D eigenvalue weighted by Crippen LogP contribution is -2.43. The van der Waals surface area contributed by atoms with E-state index >= 15 is 0 Å². The lowest BCUT2D eigenvalue weighted by molar-refractivity contribution is -0.119. The van der Waals surface area contributed by atoms with Crippen LogP contribution >= 0.6 is 22.6 Å². The predicted octanol–water partition coefficient (Wildman–Crippen LogP) is 0.437. The molecule has 3 N–H and O–H groups in total. The number of carbonyl (C=O) groups is 1. The maximum absolute atomic E-state index is 12.0. The van der Waals surface area contributed by atoms with Crippen molar-refractivity contribution < 1.29 is 13.2 Å². The zero-order chi connectivity index (χ0) is 13.8. The Hall–Kier alpha value is -0.870. The molecule has 0 unspecified atom stereocenters. The first-order valence-electron chi connectivity index (χ1n) is 5.16. The van der Waals surface area contributed by atoms with E-state index in [1.165, 1.54) is 6.92 Å². The Labute approximate surface area is 120 Å². The Morgan fingerprint density at radius 3 is 2.67 bits per heavy atom. The van der Waals surface area contributed by atoms with Gasteiger partial charge in [-0.3, -0.25) is 14.5 Å². The highest BCUT2D eigenvalue weighted by molar-refractivity contribution is 14.1. The summed E-state index contributed by atoms with van der Waals surface area (Å²) in [5, 5.41) is 0. The molecule has 0 atom stereocenters. The van der Waals surface area contributed by atoms with Crippen LogP contribution in [-0.4, -0.2) is 26.6 Å². The molecule has 0 radical (unpaired) electrons. The van der Waals surface area contributed by atoms with Gasteiger partial charge >= 0.3 is 0 Å². The van der Waals surface area contributed by atoms with Gasteiger partial charge in [-0.05, 0) is 47.7 Å². The van der Waals surface area contributed by atoms with Gasteiger partial charge in [0.15, 0.2) is 0 Å². The second-order valence-corrected chi connectivity index (χ2v) is 6.88. The molecule has 1 aromatic carbocycles. The molecule has 1 amide bonds. The molecular weight excluding hydrogens is 369 g/mol. The minimum atomic E-state index is -3.52. The van der Waals surface area contributed by atoms with Crippen LogP contribution in [0.3, 0.4) is 0 Å². The zero-order valence-corrected chi connectivity index (χ0v) is 12.7. The zero-order valence-electron chi connectivity index (χ0n) is 9.76. The molecule has 0 aliphatic carbocycles. The fourth-order valence-electron chi connectivity index (χ4n) is 1.31. The molecule has 18 heavy (non-hydrogen) atoms. The van der Waals surface area contributed by atoms with Crippen molar-refractivity contribution >= 4 is 44.2 Å². The van der Waals surface area contributed by atoms with Gasteiger partial charge in [-0.15, -0.1) is 0 Å². The summed E-state index contributed by atoms with van der Waals surface area (Å²) in [4.78, 5) is 11.3. The van der Waals surface area contributed by atoms with E-state index in [0.717, 1.165) is 7.88 Å². The molecule has 0 saturated heterocycles. The molecule has 1 aromatic rings. The number of halogens is 1. The van der Waals surface area contributed by atoms with Crippen LogP contribution in [0.5, 0.6) is 0 Å². The van der Waals surface area contributed by atoms with Gasteiger partial charge in [0.2, 0.25) is 10.0 Å². The molecular formula is C10H14IN3O3S. The normalized spacial score (nSPS) is 11.1. The number of anilines is 1. The highest BCUT2D eigenvalue weighted by Crippen LogP contribution is 2.20. The van der Waals surface area contributed by atoms with Gasteiger partial charge in [-0.2, -0.15) is 0 Å². The summed E-state index contributed by atoms with van der Waals surface area (Å²) < 4.78 is 25.9. The fraction of sp³-hybridized carbons (Fsp3) is 0.300. The van der Waals surface area contributed by atoms with Crippen LogP contribution in [0.4, 0.5) is 5.69 Å². The number of carbonyl (C=O) groups excluding carboxylic acids is 1. The van der Waals surface area contributed by atoms with E-state index in [1.54, 1.807) is 18.2 Å². The van der Waals surface area contributed by atoms with Crippen molar-refractivity contribution in [3.8, 4) is 0 Å². The van der Waals surface area contributed by atoms with E-state index in [0.29, 0.717) is 5.69 Å². The molecule has 8 heteroatoms. The summed E-state index contributed by atoms with van der Waals surface area (Å²) in [5.41, 5.74) is 2.38. The summed E-state index contributed by atoms with van der Waals surface area (Å²) in [6.45, 7) is 1.20. The number of hydrogen-bond acceptors (Lipinski definition) is 4. The summed E-state index contributed by atoms with van der Waals surface area (Å²) in [6.07, 6.45) is 0. The maximum atomic E-state index is 12.0. The Balaban J connectivity index is 3.17. The van der Waals surface area contributed by atoms with Crippen LogP contribution in [0.1, 0.15) is 6.92 Å². The van der Waals surface area contributed by atoms with Gasteiger partial charge < -0.3 is 0 Å². The minimum Gasteiger partial charge on any atom is -0.293 e. The molecule has 100 valence electrons. The van der Waals surface area contributed by atoms with Gasteiger partial charge in [-0.1, -0.05) is 6.07 Å². The third-order valence-electron chi connectivity index (χ3n) is 2.24. The minimum absolute atomic E-state index is 0.0870. The summed E-state index contributed by atoms with van der Waals surface area (Å²) in [6, 6.07) is 6.90. The van der Waals surface area contributed by atoms with Crippen LogP contribution in [0.2, 0.25) is 0 Å². The van der Waals surface area contributed by atoms with Crippen LogP contribution in [0, 0.1) is 3.57 Å². The Bertz CT molecular complexity index is 533. The lowest BCUT2D eigenvalue weighted by Gasteiger charge is -2.23. The van der Waals surface area contributed by atoms with E-state index in [9.17, 15) is 13.2 Å². The average Bonchev–Trinajstić information content (AvgIpc) is 2.35. The van der Waals surface area contributed by atoms with Crippen molar-refractivity contribution in [2.24, 2.45) is 5.84 Å². The number of hydrazine groups is 1. The van der Waals surface area contributed by atoms with Crippen molar-refractivity contribution in [3.63, 3.8) is 0 Å². The summed E-state index contributed by atoms with van der Waals surface area (Å²) >= 11 is 2.08. The first-order valence-corrected chi connectivity index (χ1v) is 7.85. The SMILES string of the molecule is CCS(=O)(=O)N(CC(=O)NN)c1cccc(I)c1. The second kappa shape index (κ2) is 6.34. The highest BCUT2D eigenvalue weighted by atomic mass is 127. The van der Waals surface area contributed by atoms with Crippen LogP contribution in [0.15, 0.2) is 24.3 Å². The van der Waals surface area contributed by atoms with Crippen LogP contribution in [0.25, 0.3) is 0 Å². The summed E-state index contributed by atoms with van der Waals surface area (Å²) in [7, 11) is -3.52. The number of rotatable bonds is 5. The molecule has 6 nitrogen and oxygen atoms in total. The standard InChI is InChI=1S/C10H14IN3O3S/c1-2-18(16,17)14(7-10(15)13-12)9-5-3-4-8(11)6-9/h3-6H,2,7,12H2,1H3,(H,13,15). The quantitative estimate of drug-likeness (QED) is 0.334. The number of nitrogens with two attached hydrogens (primary N) is 1. The van der Waals surface area contributed by atoms with Crippen molar-refractivity contribution in [2.75, 3.05) is 16.6 Å². The Kier molecular flexibility index (Phi) is 5.35. The van der Waals surface area contributed by atoms with E-state index in [2.05, 4.69) is 22.6 Å². The Morgan fingerprint density at radius 1 is 1.50 bits per heavy atom. The van der Waals surface area contributed by atoms with E-state index in [1.807, 2.05) is 11.5 Å². The molecule has 0 fully saturated rings. The van der Waals surface area contributed by atoms with Crippen LogP contribution in [-0.2, 0) is 14.8 Å². The lowest BCUT2D eigenvalue weighted by atomic mass is 10.3. The van der Waals surface area contributed by atoms with E-state index in [-0.39, 0.29) is 12.3 Å². The number of amides is 1. The molecule has 0 aromatic heterocycles. The first-order chi connectivity index (χ1) is 8.40. The third-order valence-corrected chi connectivity index (χ3v) is 4.66.